The summed E-state index contributed by atoms with van der Waals surface area (Å²) in [5.74, 6) is -0.513. The quantitative estimate of drug-likeness (QED) is 0.596. The molecule has 0 bridgehead atoms. The molecule has 20 heavy (non-hydrogen) atoms. The SMILES string of the molecule is Nc1ccc(Nc2ccc(Br)c(F)c2)cc1C(F)(F)F. The molecular weight excluding hydrogens is 340 g/mol. The predicted molar refractivity (Wildman–Crippen MR) is 73.2 cm³/mol. The van der Waals surface area contributed by atoms with Gasteiger partial charge in [-0.1, -0.05) is 0 Å². The summed E-state index contributed by atoms with van der Waals surface area (Å²) in [5.41, 5.74) is 4.52. The average Bonchev–Trinajstić information content (AvgIpc) is 2.35. The van der Waals surface area contributed by atoms with Crippen molar-refractivity contribution in [3.8, 4) is 0 Å². The standard InChI is InChI=1S/C13H9BrF4N2/c14-10-3-1-8(6-11(10)15)20-7-2-4-12(19)9(5-7)13(16,17)18/h1-6,20H,19H2. The second kappa shape index (κ2) is 5.32. The van der Waals surface area contributed by atoms with E-state index in [4.69, 9.17) is 5.73 Å². The summed E-state index contributed by atoms with van der Waals surface area (Å²) in [6, 6.07) is 7.60. The topological polar surface area (TPSA) is 38.0 Å². The van der Waals surface area contributed by atoms with Gasteiger partial charge in [0.05, 0.1) is 10.0 Å². The number of rotatable bonds is 2. The summed E-state index contributed by atoms with van der Waals surface area (Å²) < 4.78 is 51.7. The van der Waals surface area contributed by atoms with Gasteiger partial charge in [-0.15, -0.1) is 0 Å². The number of nitrogen functional groups attached to an aromatic ring is 1. The maximum Gasteiger partial charge on any atom is 0.418 e. The van der Waals surface area contributed by atoms with Crippen molar-refractivity contribution in [2.75, 3.05) is 11.1 Å². The molecule has 2 aromatic carbocycles. The molecule has 0 atom stereocenters. The second-order valence-corrected chi connectivity index (χ2v) is 4.91. The van der Waals surface area contributed by atoms with E-state index in [0.29, 0.717) is 5.69 Å². The first-order valence-electron chi connectivity index (χ1n) is 5.46. The summed E-state index contributed by atoms with van der Waals surface area (Å²) in [7, 11) is 0. The molecule has 0 saturated heterocycles. The van der Waals surface area contributed by atoms with Gasteiger partial charge in [0.15, 0.2) is 0 Å². The molecule has 0 fully saturated rings. The lowest BCUT2D eigenvalue weighted by atomic mass is 10.1. The van der Waals surface area contributed by atoms with Crippen LogP contribution in [-0.2, 0) is 6.18 Å². The van der Waals surface area contributed by atoms with Crippen molar-refractivity contribution in [1.29, 1.82) is 0 Å². The largest absolute Gasteiger partial charge is 0.418 e. The minimum Gasteiger partial charge on any atom is -0.398 e. The van der Waals surface area contributed by atoms with Gasteiger partial charge >= 0.3 is 6.18 Å². The monoisotopic (exact) mass is 348 g/mol. The Morgan fingerprint density at radius 1 is 1.00 bits per heavy atom. The van der Waals surface area contributed by atoms with Crippen LogP contribution in [0.25, 0.3) is 0 Å². The molecule has 0 aliphatic rings. The molecule has 0 saturated carbocycles. The first-order chi connectivity index (χ1) is 9.27. The molecule has 0 aromatic heterocycles. The number of nitrogens with two attached hydrogens (primary N) is 1. The third-order valence-corrected chi connectivity index (χ3v) is 3.21. The fourth-order valence-electron chi connectivity index (χ4n) is 1.62. The predicted octanol–water partition coefficient (Wildman–Crippen LogP) is 4.93. The highest BCUT2D eigenvalue weighted by Crippen LogP contribution is 2.35. The van der Waals surface area contributed by atoms with E-state index in [1.807, 2.05) is 0 Å². The Hall–Kier alpha value is -1.76. The number of halogens is 5. The molecule has 3 N–H and O–H groups in total. The maximum absolute atomic E-state index is 13.3. The Labute approximate surface area is 120 Å². The zero-order valence-electron chi connectivity index (χ0n) is 9.93. The van der Waals surface area contributed by atoms with Gasteiger partial charge < -0.3 is 11.1 Å². The Bertz CT molecular complexity index is 641. The molecule has 2 nitrogen and oxygen atoms in total. The van der Waals surface area contributed by atoms with E-state index in [-0.39, 0.29) is 15.8 Å². The van der Waals surface area contributed by atoms with Crippen LogP contribution >= 0.6 is 15.9 Å². The highest BCUT2D eigenvalue weighted by Gasteiger charge is 2.33. The van der Waals surface area contributed by atoms with Crippen LogP contribution in [0.4, 0.5) is 34.6 Å². The highest BCUT2D eigenvalue weighted by atomic mass is 79.9. The molecule has 0 heterocycles. The van der Waals surface area contributed by atoms with Crippen LogP contribution in [-0.4, -0.2) is 0 Å². The average molecular weight is 349 g/mol. The summed E-state index contributed by atoms with van der Waals surface area (Å²) in [5, 5.41) is 2.70. The van der Waals surface area contributed by atoms with Gasteiger partial charge in [0, 0.05) is 17.1 Å². The summed E-state index contributed by atoms with van der Waals surface area (Å²) in [6.45, 7) is 0. The molecule has 2 rings (SSSR count). The Balaban J connectivity index is 2.32. The Morgan fingerprint density at radius 3 is 2.20 bits per heavy atom. The fraction of sp³-hybridized carbons (Fsp3) is 0.0769. The van der Waals surface area contributed by atoms with Crippen molar-refractivity contribution in [1.82, 2.24) is 0 Å². The zero-order valence-corrected chi connectivity index (χ0v) is 11.5. The van der Waals surface area contributed by atoms with E-state index < -0.39 is 17.6 Å². The van der Waals surface area contributed by atoms with Crippen molar-refractivity contribution in [3.05, 3.63) is 52.3 Å². The van der Waals surface area contributed by atoms with Gasteiger partial charge in [-0.3, -0.25) is 0 Å². The van der Waals surface area contributed by atoms with E-state index >= 15 is 0 Å². The summed E-state index contributed by atoms with van der Waals surface area (Å²) in [6.07, 6.45) is -4.53. The zero-order chi connectivity index (χ0) is 14.9. The molecule has 0 radical (unpaired) electrons. The molecule has 0 amide bonds. The number of benzene rings is 2. The molecule has 0 unspecified atom stereocenters. The molecular formula is C13H9BrF4N2. The molecule has 7 heteroatoms. The lowest BCUT2D eigenvalue weighted by Gasteiger charge is -2.13. The third kappa shape index (κ3) is 3.22. The summed E-state index contributed by atoms with van der Waals surface area (Å²) in [4.78, 5) is 0. The minimum absolute atomic E-state index is 0.174. The van der Waals surface area contributed by atoms with Crippen LogP contribution in [0.1, 0.15) is 5.56 Å². The van der Waals surface area contributed by atoms with Gasteiger partial charge in [0.25, 0.3) is 0 Å². The van der Waals surface area contributed by atoms with Crippen LogP contribution < -0.4 is 11.1 Å². The van der Waals surface area contributed by atoms with Crippen LogP contribution in [0.5, 0.6) is 0 Å². The van der Waals surface area contributed by atoms with E-state index in [0.717, 1.165) is 12.1 Å². The fourth-order valence-corrected chi connectivity index (χ4v) is 1.87. The van der Waals surface area contributed by atoms with Crippen LogP contribution in [0.3, 0.4) is 0 Å². The number of hydrogen-bond donors (Lipinski definition) is 2. The summed E-state index contributed by atoms with van der Waals surface area (Å²) >= 11 is 2.99. The molecule has 0 aliphatic heterocycles. The van der Waals surface area contributed by atoms with Crippen molar-refractivity contribution in [2.24, 2.45) is 0 Å². The first kappa shape index (κ1) is 14.6. The van der Waals surface area contributed by atoms with Crippen molar-refractivity contribution in [3.63, 3.8) is 0 Å². The molecule has 2 aromatic rings. The van der Waals surface area contributed by atoms with Gasteiger partial charge in [-0.2, -0.15) is 13.2 Å². The number of nitrogens with one attached hydrogen (secondary N) is 1. The van der Waals surface area contributed by atoms with E-state index in [9.17, 15) is 17.6 Å². The molecule has 106 valence electrons. The van der Waals surface area contributed by atoms with E-state index in [2.05, 4.69) is 21.2 Å². The van der Waals surface area contributed by atoms with Gasteiger partial charge in [0.1, 0.15) is 5.82 Å². The highest BCUT2D eigenvalue weighted by molar-refractivity contribution is 9.10. The van der Waals surface area contributed by atoms with Crippen LogP contribution in [0, 0.1) is 5.82 Å². The van der Waals surface area contributed by atoms with Crippen molar-refractivity contribution < 1.29 is 17.6 Å². The number of alkyl halides is 3. The van der Waals surface area contributed by atoms with Gasteiger partial charge in [0.2, 0.25) is 0 Å². The lowest BCUT2D eigenvalue weighted by molar-refractivity contribution is -0.136. The Morgan fingerprint density at radius 2 is 1.60 bits per heavy atom. The van der Waals surface area contributed by atoms with E-state index in [1.54, 1.807) is 0 Å². The normalized spacial score (nSPS) is 11.4. The third-order valence-electron chi connectivity index (χ3n) is 2.57. The van der Waals surface area contributed by atoms with Crippen molar-refractivity contribution >= 4 is 33.0 Å². The second-order valence-electron chi connectivity index (χ2n) is 4.05. The molecule has 0 spiro atoms. The number of hydrogen-bond acceptors (Lipinski definition) is 2. The smallest absolute Gasteiger partial charge is 0.398 e. The van der Waals surface area contributed by atoms with E-state index in [1.165, 1.54) is 24.3 Å². The maximum atomic E-state index is 13.3. The van der Waals surface area contributed by atoms with Crippen molar-refractivity contribution in [2.45, 2.75) is 6.18 Å². The van der Waals surface area contributed by atoms with Gasteiger partial charge in [-0.05, 0) is 52.3 Å². The number of anilines is 3. The first-order valence-corrected chi connectivity index (χ1v) is 6.25. The minimum atomic E-state index is -4.53. The lowest BCUT2D eigenvalue weighted by Crippen LogP contribution is -2.09. The molecule has 0 aliphatic carbocycles. The van der Waals surface area contributed by atoms with Crippen LogP contribution in [0.15, 0.2) is 40.9 Å². The van der Waals surface area contributed by atoms with Gasteiger partial charge in [-0.25, -0.2) is 4.39 Å². The Kier molecular flexibility index (Phi) is 3.89. The van der Waals surface area contributed by atoms with Crippen LogP contribution in [0.2, 0.25) is 0 Å².